The number of hydrogen-bond acceptors (Lipinski definition) is 4. The Kier molecular flexibility index (Phi) is 3.78. The van der Waals surface area contributed by atoms with Gasteiger partial charge in [-0.2, -0.15) is 0 Å². The van der Waals surface area contributed by atoms with E-state index in [0.29, 0.717) is 0 Å². The number of thiazole rings is 1. The van der Waals surface area contributed by atoms with Gasteiger partial charge in [-0.15, -0.1) is 11.3 Å². The van der Waals surface area contributed by atoms with Crippen molar-refractivity contribution in [1.29, 1.82) is 0 Å². The Morgan fingerprint density at radius 3 is 2.95 bits per heavy atom. The van der Waals surface area contributed by atoms with Crippen molar-refractivity contribution < 1.29 is 0 Å². The summed E-state index contributed by atoms with van der Waals surface area (Å²) >= 11 is 1.68. The second-order valence-corrected chi connectivity index (χ2v) is 5.92. The Morgan fingerprint density at radius 2 is 2.20 bits per heavy atom. The smallest absolute Gasteiger partial charge is 0.183 e. The molecule has 0 spiro atoms. The topological polar surface area (TPSA) is 42.7 Å². The minimum Gasteiger partial charge on any atom is -0.357 e. The quantitative estimate of drug-likeness (QED) is 0.781. The average molecular weight is 284 g/mol. The first kappa shape index (κ1) is 12.9. The van der Waals surface area contributed by atoms with Crippen molar-refractivity contribution in [3.63, 3.8) is 0 Å². The summed E-state index contributed by atoms with van der Waals surface area (Å²) in [5.41, 5.74) is 2.54. The molecule has 0 aliphatic carbocycles. The highest BCUT2D eigenvalue weighted by Gasteiger charge is 2.00. The molecular formula is C15H16N4S. The van der Waals surface area contributed by atoms with Crippen molar-refractivity contribution >= 4 is 16.5 Å². The molecule has 1 N–H and O–H groups in total. The number of aryl methyl sites for hydroxylation is 1. The maximum absolute atomic E-state index is 4.31. The van der Waals surface area contributed by atoms with Crippen LogP contribution in [-0.2, 0) is 13.1 Å². The monoisotopic (exact) mass is 284 g/mol. The summed E-state index contributed by atoms with van der Waals surface area (Å²) in [6.45, 7) is 3.71. The lowest BCUT2D eigenvalue weighted by molar-refractivity contribution is 0.796. The van der Waals surface area contributed by atoms with E-state index in [1.165, 1.54) is 16.0 Å². The van der Waals surface area contributed by atoms with E-state index in [0.717, 1.165) is 18.2 Å². The summed E-state index contributed by atoms with van der Waals surface area (Å²) < 4.78 is 2.07. The van der Waals surface area contributed by atoms with E-state index in [1.54, 1.807) is 17.5 Å². The molecule has 0 fully saturated rings. The van der Waals surface area contributed by atoms with Crippen LogP contribution in [0.25, 0.3) is 0 Å². The average Bonchev–Trinajstić information content (AvgIpc) is 3.09. The van der Waals surface area contributed by atoms with Gasteiger partial charge in [0.25, 0.3) is 0 Å². The van der Waals surface area contributed by atoms with Gasteiger partial charge in [0.2, 0.25) is 0 Å². The Bertz CT molecular complexity index is 673. The maximum atomic E-state index is 4.31. The molecular weight excluding hydrogens is 268 g/mol. The van der Waals surface area contributed by atoms with Crippen LogP contribution in [0.1, 0.15) is 16.0 Å². The fourth-order valence-corrected chi connectivity index (χ4v) is 2.70. The van der Waals surface area contributed by atoms with E-state index in [-0.39, 0.29) is 0 Å². The lowest BCUT2D eigenvalue weighted by Gasteiger charge is -2.07. The highest BCUT2D eigenvalue weighted by molar-refractivity contribution is 7.15. The van der Waals surface area contributed by atoms with Crippen molar-refractivity contribution in [2.24, 2.45) is 0 Å². The Hall–Kier alpha value is -2.14. The predicted octanol–water partition coefficient (Wildman–Crippen LogP) is 3.31. The van der Waals surface area contributed by atoms with E-state index >= 15 is 0 Å². The van der Waals surface area contributed by atoms with E-state index in [1.807, 2.05) is 18.7 Å². The zero-order chi connectivity index (χ0) is 13.8. The molecule has 5 heteroatoms. The third-order valence-electron chi connectivity index (χ3n) is 2.98. The first-order chi connectivity index (χ1) is 9.79. The first-order valence-corrected chi connectivity index (χ1v) is 7.31. The summed E-state index contributed by atoms with van der Waals surface area (Å²) in [5, 5.41) is 4.33. The summed E-state index contributed by atoms with van der Waals surface area (Å²) in [4.78, 5) is 9.60. The van der Waals surface area contributed by atoms with Gasteiger partial charge in [0, 0.05) is 36.6 Å². The van der Waals surface area contributed by atoms with E-state index in [2.05, 4.69) is 51.0 Å². The van der Waals surface area contributed by atoms with Crippen molar-refractivity contribution in [2.75, 3.05) is 5.32 Å². The van der Waals surface area contributed by atoms with E-state index in [4.69, 9.17) is 0 Å². The molecule has 4 nitrogen and oxygen atoms in total. The molecule has 0 radical (unpaired) electrons. The van der Waals surface area contributed by atoms with Gasteiger partial charge in [0.05, 0.1) is 6.33 Å². The lowest BCUT2D eigenvalue weighted by Crippen LogP contribution is -2.01. The molecule has 0 aliphatic rings. The number of nitrogens with one attached hydrogen (secondary N) is 1. The number of anilines is 1. The van der Waals surface area contributed by atoms with Crippen LogP contribution in [0.3, 0.4) is 0 Å². The van der Waals surface area contributed by atoms with Gasteiger partial charge in [0.15, 0.2) is 5.13 Å². The Morgan fingerprint density at radius 1 is 1.30 bits per heavy atom. The number of nitrogens with zero attached hydrogens (tertiary/aromatic N) is 3. The van der Waals surface area contributed by atoms with Crippen LogP contribution in [-0.4, -0.2) is 14.5 Å². The molecule has 102 valence electrons. The van der Waals surface area contributed by atoms with Crippen LogP contribution >= 0.6 is 11.3 Å². The SMILES string of the molecule is Cc1cnc(NCc2cccc(Cn3ccnc3)c2)s1. The van der Waals surface area contributed by atoms with Gasteiger partial charge >= 0.3 is 0 Å². The second kappa shape index (κ2) is 5.88. The van der Waals surface area contributed by atoms with Crippen LogP contribution in [0.15, 0.2) is 49.2 Å². The Balaban J connectivity index is 1.65. The third-order valence-corrected chi connectivity index (χ3v) is 3.85. The summed E-state index contributed by atoms with van der Waals surface area (Å²) in [5.74, 6) is 0. The molecule has 2 aromatic heterocycles. The van der Waals surface area contributed by atoms with Crippen LogP contribution in [0.2, 0.25) is 0 Å². The molecule has 0 amide bonds. The molecule has 0 aliphatic heterocycles. The minimum atomic E-state index is 0.796. The number of hydrogen-bond donors (Lipinski definition) is 1. The fourth-order valence-electron chi connectivity index (χ4n) is 2.04. The molecule has 0 saturated carbocycles. The largest absolute Gasteiger partial charge is 0.357 e. The number of aromatic nitrogens is 3. The maximum Gasteiger partial charge on any atom is 0.183 e. The normalized spacial score (nSPS) is 10.7. The van der Waals surface area contributed by atoms with Crippen molar-refractivity contribution in [3.8, 4) is 0 Å². The molecule has 0 saturated heterocycles. The highest BCUT2D eigenvalue weighted by atomic mass is 32.1. The van der Waals surface area contributed by atoms with Crippen molar-refractivity contribution in [1.82, 2.24) is 14.5 Å². The number of imidazole rings is 1. The number of benzene rings is 1. The summed E-state index contributed by atoms with van der Waals surface area (Å²) in [6, 6.07) is 8.58. The molecule has 3 aromatic rings. The third kappa shape index (κ3) is 3.24. The minimum absolute atomic E-state index is 0.796. The molecule has 0 atom stereocenters. The molecule has 2 heterocycles. The fraction of sp³-hybridized carbons (Fsp3) is 0.200. The van der Waals surface area contributed by atoms with Gasteiger partial charge < -0.3 is 9.88 Å². The molecule has 0 bridgehead atoms. The standard InChI is InChI=1S/C15H16N4S/c1-12-8-17-15(20-12)18-9-13-3-2-4-14(7-13)10-19-6-5-16-11-19/h2-8,11H,9-10H2,1H3,(H,17,18). The first-order valence-electron chi connectivity index (χ1n) is 6.49. The van der Waals surface area contributed by atoms with Gasteiger partial charge in [-0.3, -0.25) is 0 Å². The molecule has 3 rings (SSSR count). The highest BCUT2D eigenvalue weighted by Crippen LogP contribution is 2.17. The van der Waals surface area contributed by atoms with Crippen LogP contribution < -0.4 is 5.32 Å². The summed E-state index contributed by atoms with van der Waals surface area (Å²) in [7, 11) is 0. The van der Waals surface area contributed by atoms with Gasteiger partial charge in [-0.25, -0.2) is 9.97 Å². The van der Waals surface area contributed by atoms with Gasteiger partial charge in [-0.05, 0) is 18.1 Å². The van der Waals surface area contributed by atoms with E-state index in [9.17, 15) is 0 Å². The molecule has 20 heavy (non-hydrogen) atoms. The second-order valence-electron chi connectivity index (χ2n) is 4.68. The van der Waals surface area contributed by atoms with Crippen LogP contribution in [0, 0.1) is 6.92 Å². The number of rotatable bonds is 5. The Labute approximate surface area is 122 Å². The summed E-state index contributed by atoms with van der Waals surface area (Å²) in [6.07, 6.45) is 7.51. The molecule has 1 aromatic carbocycles. The van der Waals surface area contributed by atoms with Crippen LogP contribution in [0.4, 0.5) is 5.13 Å². The van der Waals surface area contributed by atoms with Gasteiger partial charge in [-0.1, -0.05) is 24.3 Å². The van der Waals surface area contributed by atoms with Gasteiger partial charge in [0.1, 0.15) is 0 Å². The lowest BCUT2D eigenvalue weighted by atomic mass is 10.1. The predicted molar refractivity (Wildman–Crippen MR) is 81.9 cm³/mol. The zero-order valence-electron chi connectivity index (χ0n) is 11.3. The van der Waals surface area contributed by atoms with Crippen LogP contribution in [0.5, 0.6) is 0 Å². The van der Waals surface area contributed by atoms with E-state index < -0.39 is 0 Å². The van der Waals surface area contributed by atoms with Crippen molar-refractivity contribution in [2.45, 2.75) is 20.0 Å². The van der Waals surface area contributed by atoms with Crippen molar-refractivity contribution in [3.05, 3.63) is 65.2 Å². The zero-order valence-corrected chi connectivity index (χ0v) is 12.1. The molecule has 0 unspecified atom stereocenters.